The fraction of sp³-hybridized carbons (Fsp3) is 0.684. The van der Waals surface area contributed by atoms with Crippen LogP contribution < -0.4 is 4.74 Å². The Morgan fingerprint density at radius 2 is 1.84 bits per heavy atom. The average molecular weight is 353 g/mol. The normalized spacial score (nSPS) is 27.4. The van der Waals surface area contributed by atoms with E-state index in [2.05, 4.69) is 0 Å². The SMILES string of the molecule is Cc1cccc(OCCCCCCN2C[C@H](O)[C@@H](O)[C@H](O)[C@H]2CO)c1. The first-order chi connectivity index (χ1) is 12.0. The number of aliphatic hydroxyl groups is 4. The second-order valence-electron chi connectivity index (χ2n) is 6.87. The lowest BCUT2D eigenvalue weighted by Gasteiger charge is -2.43. The van der Waals surface area contributed by atoms with Crippen molar-refractivity contribution in [2.45, 2.75) is 57.0 Å². The molecule has 4 atom stereocenters. The largest absolute Gasteiger partial charge is 0.494 e. The van der Waals surface area contributed by atoms with E-state index in [9.17, 15) is 20.4 Å². The van der Waals surface area contributed by atoms with Gasteiger partial charge in [-0.3, -0.25) is 4.90 Å². The van der Waals surface area contributed by atoms with Gasteiger partial charge < -0.3 is 25.2 Å². The van der Waals surface area contributed by atoms with Gasteiger partial charge >= 0.3 is 0 Å². The fourth-order valence-electron chi connectivity index (χ4n) is 3.30. The van der Waals surface area contributed by atoms with Gasteiger partial charge in [-0.1, -0.05) is 25.0 Å². The van der Waals surface area contributed by atoms with Gasteiger partial charge in [-0.25, -0.2) is 0 Å². The Labute approximate surface area is 149 Å². The number of β-amino-alcohol motifs (C(OH)–C–C–N with tert-alkyl or cyclic N) is 1. The van der Waals surface area contributed by atoms with Gasteiger partial charge in [0.2, 0.25) is 0 Å². The molecule has 25 heavy (non-hydrogen) atoms. The predicted octanol–water partition coefficient (Wildman–Crippen LogP) is 0.693. The van der Waals surface area contributed by atoms with Crippen molar-refractivity contribution in [3.63, 3.8) is 0 Å². The molecule has 1 saturated heterocycles. The number of ether oxygens (including phenoxy) is 1. The Kier molecular flexibility index (Phi) is 8.12. The third-order valence-electron chi connectivity index (χ3n) is 4.81. The number of benzene rings is 1. The van der Waals surface area contributed by atoms with Crippen LogP contribution in [0.4, 0.5) is 0 Å². The summed E-state index contributed by atoms with van der Waals surface area (Å²) in [6.07, 6.45) is 0.666. The lowest BCUT2D eigenvalue weighted by molar-refractivity contribution is -0.145. The van der Waals surface area contributed by atoms with E-state index in [-0.39, 0.29) is 13.2 Å². The molecule has 1 aliphatic heterocycles. The zero-order valence-corrected chi connectivity index (χ0v) is 14.9. The number of aliphatic hydroxyl groups excluding tert-OH is 4. The van der Waals surface area contributed by atoms with Crippen LogP contribution in [0.2, 0.25) is 0 Å². The van der Waals surface area contributed by atoms with Crippen LogP contribution in [0.5, 0.6) is 5.75 Å². The molecule has 0 bridgehead atoms. The first-order valence-corrected chi connectivity index (χ1v) is 9.11. The number of piperidine rings is 1. The summed E-state index contributed by atoms with van der Waals surface area (Å²) in [5.74, 6) is 0.903. The summed E-state index contributed by atoms with van der Waals surface area (Å²) in [6, 6.07) is 7.50. The van der Waals surface area contributed by atoms with Gasteiger partial charge in [0.05, 0.1) is 25.4 Å². The number of rotatable bonds is 9. The van der Waals surface area contributed by atoms with E-state index < -0.39 is 24.4 Å². The lowest BCUT2D eigenvalue weighted by Crippen LogP contribution is -2.62. The van der Waals surface area contributed by atoms with Gasteiger partial charge in [0.25, 0.3) is 0 Å². The molecule has 142 valence electrons. The second kappa shape index (κ2) is 10.1. The van der Waals surface area contributed by atoms with Gasteiger partial charge in [0.1, 0.15) is 18.0 Å². The zero-order chi connectivity index (χ0) is 18.2. The van der Waals surface area contributed by atoms with Crippen LogP contribution in [0.25, 0.3) is 0 Å². The molecule has 1 aliphatic rings. The van der Waals surface area contributed by atoms with Crippen molar-refractivity contribution in [1.29, 1.82) is 0 Å². The van der Waals surface area contributed by atoms with Crippen LogP contribution in [0.15, 0.2) is 24.3 Å². The highest BCUT2D eigenvalue weighted by Gasteiger charge is 2.40. The molecule has 6 nitrogen and oxygen atoms in total. The molecule has 0 amide bonds. The molecule has 0 radical (unpaired) electrons. The average Bonchev–Trinajstić information content (AvgIpc) is 2.59. The third kappa shape index (κ3) is 5.94. The highest BCUT2D eigenvalue weighted by atomic mass is 16.5. The smallest absolute Gasteiger partial charge is 0.119 e. The zero-order valence-electron chi connectivity index (χ0n) is 14.9. The molecule has 1 aromatic rings. The van der Waals surface area contributed by atoms with E-state index in [4.69, 9.17) is 4.74 Å². The maximum absolute atomic E-state index is 9.95. The summed E-state index contributed by atoms with van der Waals surface area (Å²) in [6.45, 7) is 3.47. The third-order valence-corrected chi connectivity index (χ3v) is 4.81. The van der Waals surface area contributed by atoms with Crippen molar-refractivity contribution in [3.05, 3.63) is 29.8 Å². The van der Waals surface area contributed by atoms with Crippen LogP contribution in [0.1, 0.15) is 31.2 Å². The molecule has 0 aliphatic carbocycles. The molecule has 0 spiro atoms. The van der Waals surface area contributed by atoms with Gasteiger partial charge in [-0.2, -0.15) is 0 Å². The quantitative estimate of drug-likeness (QED) is 0.488. The number of unbranched alkanes of at least 4 members (excludes halogenated alkanes) is 3. The molecule has 1 aromatic carbocycles. The number of aryl methyl sites for hydroxylation is 1. The van der Waals surface area contributed by atoms with Gasteiger partial charge in [-0.15, -0.1) is 0 Å². The number of nitrogens with zero attached hydrogens (tertiary/aromatic N) is 1. The highest BCUT2D eigenvalue weighted by molar-refractivity contribution is 5.27. The molecule has 2 rings (SSSR count). The molecule has 6 heteroatoms. The second-order valence-corrected chi connectivity index (χ2v) is 6.87. The minimum atomic E-state index is -1.19. The number of hydrogen-bond acceptors (Lipinski definition) is 6. The summed E-state index contributed by atoms with van der Waals surface area (Å²) in [7, 11) is 0. The molecule has 4 N–H and O–H groups in total. The van der Waals surface area contributed by atoms with E-state index in [1.54, 1.807) is 0 Å². The van der Waals surface area contributed by atoms with Crippen molar-refractivity contribution < 1.29 is 25.2 Å². The van der Waals surface area contributed by atoms with E-state index >= 15 is 0 Å². The Morgan fingerprint density at radius 3 is 2.56 bits per heavy atom. The van der Waals surface area contributed by atoms with Crippen molar-refractivity contribution in [2.24, 2.45) is 0 Å². The van der Waals surface area contributed by atoms with Crippen LogP contribution in [0, 0.1) is 6.92 Å². The van der Waals surface area contributed by atoms with Crippen LogP contribution in [-0.2, 0) is 0 Å². The topological polar surface area (TPSA) is 93.4 Å². The fourth-order valence-corrected chi connectivity index (χ4v) is 3.30. The lowest BCUT2D eigenvalue weighted by atomic mass is 9.94. The Bertz CT molecular complexity index is 512. The van der Waals surface area contributed by atoms with Gasteiger partial charge in [0.15, 0.2) is 0 Å². The maximum atomic E-state index is 9.95. The summed E-state index contributed by atoms with van der Waals surface area (Å²) in [5.41, 5.74) is 1.19. The summed E-state index contributed by atoms with van der Waals surface area (Å²) in [5, 5.41) is 38.9. The van der Waals surface area contributed by atoms with Crippen molar-refractivity contribution in [1.82, 2.24) is 4.90 Å². The predicted molar refractivity (Wildman–Crippen MR) is 95.6 cm³/mol. The van der Waals surface area contributed by atoms with Crippen molar-refractivity contribution >= 4 is 0 Å². The van der Waals surface area contributed by atoms with Crippen LogP contribution >= 0.6 is 0 Å². The maximum Gasteiger partial charge on any atom is 0.119 e. The number of likely N-dealkylation sites (tertiary alicyclic amines) is 1. The molecular weight excluding hydrogens is 322 g/mol. The molecular formula is C19H31NO5. The minimum Gasteiger partial charge on any atom is -0.494 e. The highest BCUT2D eigenvalue weighted by Crippen LogP contribution is 2.20. The van der Waals surface area contributed by atoms with Crippen LogP contribution in [0.3, 0.4) is 0 Å². The molecule has 0 unspecified atom stereocenters. The minimum absolute atomic E-state index is 0.227. The molecule has 0 saturated carbocycles. The Hall–Kier alpha value is -1.18. The first kappa shape index (κ1) is 20.1. The van der Waals surface area contributed by atoms with E-state index in [0.717, 1.165) is 31.4 Å². The van der Waals surface area contributed by atoms with E-state index in [0.29, 0.717) is 13.2 Å². The summed E-state index contributed by atoms with van der Waals surface area (Å²) in [4.78, 5) is 1.87. The van der Waals surface area contributed by atoms with Crippen LogP contribution in [-0.4, -0.2) is 76.0 Å². The van der Waals surface area contributed by atoms with Gasteiger partial charge in [0, 0.05) is 6.54 Å². The van der Waals surface area contributed by atoms with Crippen molar-refractivity contribution in [3.8, 4) is 5.75 Å². The monoisotopic (exact) mass is 353 g/mol. The summed E-state index contributed by atoms with van der Waals surface area (Å²) >= 11 is 0. The van der Waals surface area contributed by atoms with E-state index in [1.807, 2.05) is 36.1 Å². The van der Waals surface area contributed by atoms with Gasteiger partial charge in [-0.05, 0) is 44.0 Å². The number of hydrogen-bond donors (Lipinski definition) is 4. The molecule has 1 fully saturated rings. The standard InChI is InChI=1S/C19H31NO5/c1-14-7-6-8-15(11-14)25-10-5-3-2-4-9-20-12-17(22)19(24)18(23)16(20)13-21/h6-8,11,16-19,21-24H,2-5,9-10,12-13H2,1H3/t16-,17+,18-,19-/m1/s1. The van der Waals surface area contributed by atoms with E-state index in [1.165, 1.54) is 5.56 Å². The Balaban J connectivity index is 1.60. The Morgan fingerprint density at radius 1 is 1.08 bits per heavy atom. The first-order valence-electron chi connectivity index (χ1n) is 9.11. The summed E-state index contributed by atoms with van der Waals surface area (Å²) < 4.78 is 5.72. The van der Waals surface area contributed by atoms with Crippen molar-refractivity contribution in [2.75, 3.05) is 26.3 Å². The molecule has 1 heterocycles. The molecule has 0 aromatic heterocycles.